The van der Waals surface area contributed by atoms with Crippen molar-refractivity contribution in [3.63, 3.8) is 0 Å². The largest absolute Gasteiger partial charge is 0.359 e. The molecule has 1 aromatic carbocycles. The molecule has 2 unspecified atom stereocenters. The third-order valence-corrected chi connectivity index (χ3v) is 5.34. The van der Waals surface area contributed by atoms with Gasteiger partial charge in [0.1, 0.15) is 5.82 Å². The van der Waals surface area contributed by atoms with Crippen LogP contribution in [-0.2, 0) is 0 Å². The molecule has 0 spiro atoms. The molecule has 1 saturated heterocycles. The molecule has 0 aliphatic carbocycles. The monoisotopic (exact) mass is 432 g/mol. The number of aromatic nitrogens is 2. The highest BCUT2D eigenvalue weighted by Crippen LogP contribution is 2.29. The van der Waals surface area contributed by atoms with Crippen LogP contribution in [0.1, 0.15) is 13.8 Å². The maximum Gasteiger partial charge on any atom is 0.323 e. The summed E-state index contributed by atoms with van der Waals surface area (Å²) in [6.07, 6.45) is 3.34. The summed E-state index contributed by atoms with van der Waals surface area (Å²) in [4.78, 5) is 22.2. The zero-order chi connectivity index (χ0) is 20.5. The van der Waals surface area contributed by atoms with Gasteiger partial charge in [0.15, 0.2) is 0 Å². The molecule has 0 saturated carbocycles. The van der Waals surface area contributed by atoms with Gasteiger partial charge in [-0.05, 0) is 38.1 Å². The fraction of sp³-hybridized carbons (Fsp3) is 0.300. The average molecular weight is 433 g/mol. The number of H-pyrrole nitrogens is 1. The number of carbonyl (C=O) groups is 1. The van der Waals surface area contributed by atoms with Crippen molar-refractivity contribution in [3.8, 4) is 0 Å². The highest BCUT2D eigenvalue weighted by molar-refractivity contribution is 6.33. The first-order valence-corrected chi connectivity index (χ1v) is 10.2. The second kappa shape index (κ2) is 8.10. The number of aromatic amines is 1. The molecule has 152 valence electrons. The fourth-order valence-corrected chi connectivity index (χ4v) is 4.17. The Morgan fingerprint density at radius 1 is 1.17 bits per heavy atom. The lowest BCUT2D eigenvalue weighted by Crippen LogP contribution is -2.54. The smallest absolute Gasteiger partial charge is 0.323 e. The molecule has 7 nitrogen and oxygen atoms in total. The van der Waals surface area contributed by atoms with Gasteiger partial charge in [-0.1, -0.05) is 23.2 Å². The number of carbonyl (C=O) groups excluding carboxylic acids is 1. The van der Waals surface area contributed by atoms with Crippen molar-refractivity contribution in [2.45, 2.75) is 25.9 Å². The molecule has 3 heterocycles. The molecule has 29 heavy (non-hydrogen) atoms. The summed E-state index contributed by atoms with van der Waals surface area (Å²) in [5.74, 6) is 0.726. The number of hydrogen-bond acceptors (Lipinski definition) is 4. The van der Waals surface area contributed by atoms with E-state index in [0.29, 0.717) is 33.5 Å². The number of pyridine rings is 1. The molecule has 4 rings (SSSR count). The van der Waals surface area contributed by atoms with Crippen LogP contribution in [0.2, 0.25) is 10.0 Å². The van der Waals surface area contributed by atoms with Crippen LogP contribution >= 0.6 is 23.2 Å². The van der Waals surface area contributed by atoms with Gasteiger partial charge in [0.2, 0.25) is 0 Å². The van der Waals surface area contributed by atoms with E-state index in [4.69, 9.17) is 23.2 Å². The van der Waals surface area contributed by atoms with Crippen molar-refractivity contribution in [1.82, 2.24) is 15.3 Å². The molecular formula is C20H22Cl2N6O. The number of hydrogen-bond donors (Lipinski definition) is 4. The first-order valence-electron chi connectivity index (χ1n) is 9.40. The standard InChI is InChI=1S/C20H22Cl2N6O/c1-11-9-28(10-12(2)25-11)19-16(22)6-14(7-24-19)26-20(29)27-18-8-23-17-4-3-13(21)5-15(17)18/h3-8,11-12,23,25H,9-10H2,1-2H3,(H2,26,27,29). The van der Waals surface area contributed by atoms with Gasteiger partial charge in [-0.25, -0.2) is 9.78 Å². The number of anilines is 3. The van der Waals surface area contributed by atoms with Crippen molar-refractivity contribution < 1.29 is 4.79 Å². The van der Waals surface area contributed by atoms with Gasteiger partial charge in [0.25, 0.3) is 0 Å². The summed E-state index contributed by atoms with van der Waals surface area (Å²) in [7, 11) is 0. The van der Waals surface area contributed by atoms with Gasteiger partial charge in [0, 0.05) is 47.3 Å². The summed E-state index contributed by atoms with van der Waals surface area (Å²) >= 11 is 12.5. The van der Waals surface area contributed by atoms with Gasteiger partial charge in [-0.2, -0.15) is 0 Å². The zero-order valence-electron chi connectivity index (χ0n) is 16.1. The molecule has 2 aromatic heterocycles. The molecule has 1 aliphatic rings. The van der Waals surface area contributed by atoms with Gasteiger partial charge < -0.3 is 25.8 Å². The van der Waals surface area contributed by atoms with E-state index >= 15 is 0 Å². The maximum atomic E-state index is 12.4. The molecule has 3 aromatic rings. The minimum absolute atomic E-state index is 0.352. The van der Waals surface area contributed by atoms with Crippen molar-refractivity contribution >= 4 is 57.3 Å². The van der Waals surface area contributed by atoms with Crippen molar-refractivity contribution in [2.75, 3.05) is 28.6 Å². The summed E-state index contributed by atoms with van der Waals surface area (Å²) in [5, 5.41) is 11.0. The third kappa shape index (κ3) is 4.42. The topological polar surface area (TPSA) is 85.1 Å². The van der Waals surface area contributed by atoms with E-state index in [1.54, 1.807) is 30.6 Å². The van der Waals surface area contributed by atoms with Gasteiger partial charge in [0.05, 0.1) is 22.6 Å². The average Bonchev–Trinajstić information content (AvgIpc) is 3.03. The number of rotatable bonds is 3. The fourth-order valence-electron chi connectivity index (χ4n) is 3.71. The highest BCUT2D eigenvalue weighted by atomic mass is 35.5. The lowest BCUT2D eigenvalue weighted by Gasteiger charge is -2.37. The van der Waals surface area contributed by atoms with Crippen LogP contribution in [0.4, 0.5) is 22.0 Å². The number of nitrogens with zero attached hydrogens (tertiary/aromatic N) is 2. The van der Waals surface area contributed by atoms with Crippen molar-refractivity contribution in [1.29, 1.82) is 0 Å². The van der Waals surface area contributed by atoms with Crippen LogP contribution in [-0.4, -0.2) is 41.2 Å². The molecule has 4 N–H and O–H groups in total. The molecule has 1 aliphatic heterocycles. The van der Waals surface area contributed by atoms with Crippen LogP contribution < -0.4 is 20.9 Å². The third-order valence-electron chi connectivity index (χ3n) is 4.83. The first-order chi connectivity index (χ1) is 13.9. The molecular weight excluding hydrogens is 411 g/mol. The van der Waals surface area contributed by atoms with Gasteiger partial charge in [-0.15, -0.1) is 0 Å². The molecule has 0 bridgehead atoms. The lowest BCUT2D eigenvalue weighted by molar-refractivity contribution is 0.262. The van der Waals surface area contributed by atoms with E-state index < -0.39 is 0 Å². The predicted octanol–water partition coefficient (Wildman–Crippen LogP) is 4.70. The summed E-state index contributed by atoms with van der Waals surface area (Å²) < 4.78 is 0. The molecule has 0 radical (unpaired) electrons. The number of piperazine rings is 1. The number of halogens is 2. The van der Waals surface area contributed by atoms with E-state index in [0.717, 1.165) is 29.8 Å². The minimum Gasteiger partial charge on any atom is -0.359 e. The van der Waals surface area contributed by atoms with Gasteiger partial charge >= 0.3 is 6.03 Å². The number of nitrogens with one attached hydrogen (secondary N) is 4. The number of benzene rings is 1. The Morgan fingerprint density at radius 3 is 2.66 bits per heavy atom. The van der Waals surface area contributed by atoms with Gasteiger partial charge in [-0.3, -0.25) is 0 Å². The van der Waals surface area contributed by atoms with E-state index in [-0.39, 0.29) is 6.03 Å². The van der Waals surface area contributed by atoms with Crippen LogP contribution in [0.25, 0.3) is 10.9 Å². The molecule has 2 amide bonds. The summed E-state index contributed by atoms with van der Waals surface area (Å²) in [6.45, 7) is 5.92. The number of urea groups is 1. The Kier molecular flexibility index (Phi) is 5.54. The Labute approximate surface area is 178 Å². The summed E-state index contributed by atoms with van der Waals surface area (Å²) in [6, 6.07) is 7.48. The normalized spacial score (nSPS) is 19.4. The molecule has 9 heteroatoms. The Hall–Kier alpha value is -2.48. The second-order valence-corrected chi connectivity index (χ2v) is 8.22. The summed E-state index contributed by atoms with van der Waals surface area (Å²) in [5.41, 5.74) is 2.04. The van der Waals surface area contributed by atoms with Crippen LogP contribution in [0, 0.1) is 0 Å². The Morgan fingerprint density at radius 2 is 1.93 bits per heavy atom. The second-order valence-electron chi connectivity index (χ2n) is 7.37. The zero-order valence-corrected chi connectivity index (χ0v) is 17.6. The quantitative estimate of drug-likeness (QED) is 0.483. The van der Waals surface area contributed by atoms with Crippen molar-refractivity contribution in [3.05, 3.63) is 46.7 Å². The van der Waals surface area contributed by atoms with E-state index in [2.05, 4.69) is 44.7 Å². The highest BCUT2D eigenvalue weighted by Gasteiger charge is 2.23. The maximum absolute atomic E-state index is 12.4. The van der Waals surface area contributed by atoms with E-state index in [1.807, 2.05) is 6.07 Å². The number of amides is 2. The SMILES string of the molecule is CC1CN(c2ncc(NC(=O)Nc3c[nH]c4ccc(Cl)cc34)cc2Cl)CC(C)N1. The predicted molar refractivity (Wildman–Crippen MR) is 119 cm³/mol. The van der Waals surface area contributed by atoms with E-state index in [9.17, 15) is 4.79 Å². The first kappa shape index (κ1) is 19.8. The number of fused-ring (bicyclic) bond motifs is 1. The molecule has 1 fully saturated rings. The molecule has 2 atom stereocenters. The lowest BCUT2D eigenvalue weighted by atomic mass is 10.1. The van der Waals surface area contributed by atoms with Crippen LogP contribution in [0.15, 0.2) is 36.7 Å². The Bertz CT molecular complexity index is 1040. The van der Waals surface area contributed by atoms with E-state index in [1.165, 1.54) is 0 Å². The van der Waals surface area contributed by atoms with Crippen LogP contribution in [0.5, 0.6) is 0 Å². The Balaban J connectivity index is 1.46. The minimum atomic E-state index is -0.388. The van der Waals surface area contributed by atoms with Crippen molar-refractivity contribution in [2.24, 2.45) is 0 Å². The van der Waals surface area contributed by atoms with Crippen LogP contribution in [0.3, 0.4) is 0 Å².